The molecule has 0 saturated heterocycles. The number of carbonyl (C=O) groups is 1. The number of aliphatic hydroxyl groups excluding tert-OH is 1. The van der Waals surface area contributed by atoms with Crippen LogP contribution < -0.4 is 5.32 Å². The lowest BCUT2D eigenvalue weighted by Gasteiger charge is -2.26. The van der Waals surface area contributed by atoms with E-state index in [1.807, 2.05) is 21.1 Å². The summed E-state index contributed by atoms with van der Waals surface area (Å²) in [6.45, 7) is 4.72. The molecule has 35 heavy (non-hydrogen) atoms. The maximum atomic E-state index is 12.5. The summed E-state index contributed by atoms with van der Waals surface area (Å²) in [5.41, 5.74) is 0. The normalized spacial score (nSPS) is 15.5. The molecule has 3 atom stereocenters. The van der Waals surface area contributed by atoms with Gasteiger partial charge in [0, 0.05) is 6.42 Å². The number of unbranched alkanes of at least 4 members (excludes halogenated alkanes) is 11. The number of nitrogens with one attached hydrogen (secondary N) is 1. The SMILES string of the molecule is CCCCCCCCCCC(O)C(COP(=O)(O)OCC[N+](C)(C)C)NC(=O)CCCCCCC. The molecule has 0 heterocycles. The Morgan fingerprint density at radius 1 is 0.857 bits per heavy atom. The summed E-state index contributed by atoms with van der Waals surface area (Å²) < 4.78 is 23.1. The molecule has 0 aromatic heterocycles. The number of phosphoric acid groups is 1. The van der Waals surface area contributed by atoms with Crippen LogP contribution in [0, 0.1) is 0 Å². The van der Waals surface area contributed by atoms with E-state index in [0.717, 1.165) is 51.4 Å². The molecule has 8 nitrogen and oxygen atoms in total. The second-order valence-corrected chi connectivity index (χ2v) is 12.2. The van der Waals surface area contributed by atoms with Gasteiger partial charge in [0.25, 0.3) is 0 Å². The minimum Gasteiger partial charge on any atom is -0.391 e. The van der Waals surface area contributed by atoms with Gasteiger partial charge >= 0.3 is 7.82 Å². The monoisotopic (exact) mass is 523 g/mol. The van der Waals surface area contributed by atoms with Gasteiger partial charge in [0.05, 0.1) is 39.9 Å². The summed E-state index contributed by atoms with van der Waals surface area (Å²) in [6, 6.07) is -0.745. The lowest BCUT2D eigenvalue weighted by molar-refractivity contribution is -0.870. The van der Waals surface area contributed by atoms with Crippen LogP contribution in [0.4, 0.5) is 0 Å². The highest BCUT2D eigenvalue weighted by atomic mass is 31.2. The van der Waals surface area contributed by atoms with Crippen LogP contribution in [0.25, 0.3) is 0 Å². The molecule has 0 spiro atoms. The molecule has 0 bridgehead atoms. The number of quaternary nitrogens is 1. The number of aliphatic hydroxyl groups is 1. The van der Waals surface area contributed by atoms with Gasteiger partial charge in [-0.25, -0.2) is 4.57 Å². The van der Waals surface area contributed by atoms with Gasteiger partial charge < -0.3 is 19.8 Å². The third kappa shape index (κ3) is 22.4. The smallest absolute Gasteiger partial charge is 0.391 e. The number of nitrogens with zero attached hydrogens (tertiary/aromatic N) is 1. The van der Waals surface area contributed by atoms with Crippen LogP contribution in [0.1, 0.15) is 110 Å². The first-order valence-electron chi connectivity index (χ1n) is 13.9. The van der Waals surface area contributed by atoms with Crippen molar-refractivity contribution >= 4 is 13.7 Å². The van der Waals surface area contributed by atoms with Crippen LogP contribution in [0.5, 0.6) is 0 Å². The van der Waals surface area contributed by atoms with Crippen LogP contribution in [0.15, 0.2) is 0 Å². The van der Waals surface area contributed by atoms with E-state index in [1.165, 1.54) is 32.1 Å². The lowest BCUT2D eigenvalue weighted by atomic mass is 10.0. The molecule has 0 aliphatic rings. The Hall–Kier alpha value is -0.500. The van der Waals surface area contributed by atoms with Crippen molar-refractivity contribution in [1.29, 1.82) is 0 Å². The Labute approximate surface area is 215 Å². The molecule has 3 N–H and O–H groups in total. The molecule has 1 amide bonds. The van der Waals surface area contributed by atoms with E-state index in [1.54, 1.807) is 0 Å². The zero-order valence-corrected chi connectivity index (χ0v) is 24.2. The number of hydrogen-bond donors (Lipinski definition) is 3. The molecule has 0 aliphatic heterocycles. The van der Waals surface area contributed by atoms with Crippen molar-refractivity contribution in [3.63, 3.8) is 0 Å². The van der Waals surface area contributed by atoms with Crippen LogP contribution in [-0.2, 0) is 18.4 Å². The lowest BCUT2D eigenvalue weighted by Crippen LogP contribution is -2.46. The summed E-state index contributed by atoms with van der Waals surface area (Å²) in [6.07, 6.45) is 14.5. The molecular weight excluding hydrogens is 467 g/mol. The average Bonchev–Trinajstić information content (AvgIpc) is 2.77. The minimum atomic E-state index is -4.27. The van der Waals surface area contributed by atoms with Crippen molar-refractivity contribution in [3.8, 4) is 0 Å². The van der Waals surface area contributed by atoms with Crippen molar-refractivity contribution in [1.82, 2.24) is 5.32 Å². The first kappa shape index (κ1) is 34.5. The molecule has 0 aliphatic carbocycles. The molecule has 0 radical (unpaired) electrons. The van der Waals surface area contributed by atoms with Gasteiger partial charge in [-0.1, -0.05) is 90.9 Å². The van der Waals surface area contributed by atoms with Crippen LogP contribution in [0.2, 0.25) is 0 Å². The van der Waals surface area contributed by atoms with Crippen molar-refractivity contribution in [3.05, 3.63) is 0 Å². The van der Waals surface area contributed by atoms with Crippen molar-refractivity contribution in [2.24, 2.45) is 0 Å². The standard InChI is InChI=1S/C26H55N2O6P/c1-6-8-10-12-13-14-16-17-19-25(29)24(27-26(30)20-18-15-11-9-7-2)23-34-35(31,32)33-22-21-28(3,4)5/h24-25,29H,6-23H2,1-5H3,(H-,27,30,31,32)/p+1. The van der Waals surface area contributed by atoms with Gasteiger partial charge in [-0.2, -0.15) is 0 Å². The maximum Gasteiger partial charge on any atom is 0.472 e. The Balaban J connectivity index is 4.63. The molecular formula is C26H56N2O6P+. The molecule has 0 fully saturated rings. The predicted molar refractivity (Wildman–Crippen MR) is 143 cm³/mol. The number of hydrogen-bond acceptors (Lipinski definition) is 5. The van der Waals surface area contributed by atoms with Gasteiger partial charge in [-0.15, -0.1) is 0 Å². The largest absolute Gasteiger partial charge is 0.472 e. The summed E-state index contributed by atoms with van der Waals surface area (Å²) in [5.74, 6) is -0.163. The second-order valence-electron chi connectivity index (χ2n) is 10.8. The van der Waals surface area contributed by atoms with Gasteiger partial charge in [0.1, 0.15) is 13.2 Å². The highest BCUT2D eigenvalue weighted by Gasteiger charge is 2.28. The van der Waals surface area contributed by atoms with Crippen LogP contribution in [0.3, 0.4) is 0 Å². The topological polar surface area (TPSA) is 105 Å². The highest BCUT2D eigenvalue weighted by molar-refractivity contribution is 7.47. The van der Waals surface area contributed by atoms with Gasteiger partial charge in [-0.05, 0) is 12.8 Å². The van der Waals surface area contributed by atoms with Crippen LogP contribution in [-0.4, -0.2) is 73.4 Å². The number of carbonyl (C=O) groups excluding carboxylic acids is 1. The van der Waals surface area contributed by atoms with E-state index < -0.39 is 20.0 Å². The van der Waals surface area contributed by atoms with Crippen LogP contribution >= 0.6 is 7.82 Å². The number of phosphoric ester groups is 1. The maximum absolute atomic E-state index is 12.5. The molecule has 0 saturated carbocycles. The van der Waals surface area contributed by atoms with E-state index in [0.29, 0.717) is 23.9 Å². The highest BCUT2D eigenvalue weighted by Crippen LogP contribution is 2.43. The van der Waals surface area contributed by atoms with Gasteiger partial charge in [-0.3, -0.25) is 13.8 Å². The summed E-state index contributed by atoms with van der Waals surface area (Å²) in [5, 5.41) is 13.6. The average molecular weight is 524 g/mol. The molecule has 210 valence electrons. The number of likely N-dealkylation sites (N-methyl/N-ethyl adjacent to an activating group) is 1. The summed E-state index contributed by atoms with van der Waals surface area (Å²) >= 11 is 0. The Morgan fingerprint density at radius 3 is 1.91 bits per heavy atom. The Bertz CT molecular complexity index is 571. The zero-order chi connectivity index (χ0) is 26.6. The van der Waals surface area contributed by atoms with Crippen molar-refractivity contribution < 1.29 is 32.9 Å². The molecule has 0 aromatic rings. The van der Waals surface area contributed by atoms with E-state index >= 15 is 0 Å². The van der Waals surface area contributed by atoms with Gasteiger partial charge in [0.2, 0.25) is 5.91 Å². The summed E-state index contributed by atoms with van der Waals surface area (Å²) in [7, 11) is 1.61. The van der Waals surface area contributed by atoms with Crippen molar-refractivity contribution in [2.75, 3.05) is 40.9 Å². The van der Waals surface area contributed by atoms with Crippen molar-refractivity contribution in [2.45, 2.75) is 122 Å². The van der Waals surface area contributed by atoms with E-state index in [9.17, 15) is 19.4 Å². The number of rotatable bonds is 24. The minimum absolute atomic E-state index is 0.0763. The molecule has 0 rings (SSSR count). The first-order chi connectivity index (χ1) is 16.5. The zero-order valence-electron chi connectivity index (χ0n) is 23.3. The van der Waals surface area contributed by atoms with E-state index in [2.05, 4.69) is 19.2 Å². The molecule has 3 unspecified atom stereocenters. The third-order valence-electron chi connectivity index (χ3n) is 6.11. The fourth-order valence-electron chi connectivity index (χ4n) is 3.75. The quantitative estimate of drug-likeness (QED) is 0.0869. The van der Waals surface area contributed by atoms with E-state index in [-0.39, 0.29) is 19.1 Å². The second kappa shape index (κ2) is 20.5. The molecule has 0 aromatic carbocycles. The van der Waals surface area contributed by atoms with E-state index in [4.69, 9.17) is 9.05 Å². The fourth-order valence-corrected chi connectivity index (χ4v) is 4.48. The summed E-state index contributed by atoms with van der Waals surface area (Å²) in [4.78, 5) is 22.5. The first-order valence-corrected chi connectivity index (χ1v) is 15.4. The third-order valence-corrected chi connectivity index (χ3v) is 7.09. The number of amides is 1. The predicted octanol–water partition coefficient (Wildman–Crippen LogP) is 5.56. The Morgan fingerprint density at radius 2 is 1.37 bits per heavy atom. The Kier molecular flexibility index (Phi) is 20.3. The molecule has 9 heteroatoms. The fraction of sp³-hybridized carbons (Fsp3) is 0.962. The van der Waals surface area contributed by atoms with Gasteiger partial charge in [0.15, 0.2) is 0 Å².